The van der Waals surface area contributed by atoms with E-state index in [0.717, 1.165) is 89.1 Å². The van der Waals surface area contributed by atoms with Crippen molar-refractivity contribution in [1.82, 2.24) is 9.13 Å². The van der Waals surface area contributed by atoms with Crippen LogP contribution < -0.4 is 0 Å². The highest BCUT2D eigenvalue weighted by Crippen LogP contribution is 2.47. The lowest BCUT2D eigenvalue weighted by molar-refractivity contribution is 1.10. The molecule has 0 fully saturated rings. The van der Waals surface area contributed by atoms with Gasteiger partial charge in [-0.2, -0.15) is 0 Å². The van der Waals surface area contributed by atoms with Gasteiger partial charge in [0.1, 0.15) is 0 Å². The Hall–Kier alpha value is -8.98. The van der Waals surface area contributed by atoms with Crippen LogP contribution in [-0.4, -0.2) is 9.13 Å². The van der Waals surface area contributed by atoms with Gasteiger partial charge < -0.3 is 9.13 Å². The molecule has 0 bridgehead atoms. The predicted octanol–water partition coefficient (Wildman–Crippen LogP) is 17.9. The number of benzene rings is 11. The Morgan fingerprint density at radius 3 is 0.794 bits per heavy atom. The van der Waals surface area contributed by atoms with E-state index in [-0.39, 0.29) is 0 Å². The highest BCUT2D eigenvalue weighted by molar-refractivity contribution is 6.17. The fourth-order valence-corrected chi connectivity index (χ4v) is 10.5. The second-order valence-corrected chi connectivity index (χ2v) is 17.7. The Kier molecular flexibility index (Phi) is 9.54. The molecule has 0 radical (unpaired) electrons. The van der Waals surface area contributed by atoms with Crippen molar-refractivity contribution in [3.63, 3.8) is 0 Å². The van der Waals surface area contributed by atoms with E-state index in [9.17, 15) is 0 Å². The Morgan fingerprint density at radius 1 is 0.176 bits per heavy atom. The first-order valence-electron chi connectivity index (χ1n) is 23.4. The highest BCUT2D eigenvalue weighted by Gasteiger charge is 2.25. The average Bonchev–Trinajstić information content (AvgIpc) is 4.06. The first-order chi connectivity index (χ1) is 33.7. The molecule has 2 nitrogen and oxygen atoms in total. The number of fused-ring (bicyclic) bond motifs is 4. The van der Waals surface area contributed by atoms with E-state index in [2.05, 4.69) is 276 Å². The van der Waals surface area contributed by atoms with Gasteiger partial charge in [-0.15, -0.1) is 0 Å². The number of hydrogen-bond donors (Lipinski definition) is 0. The van der Waals surface area contributed by atoms with E-state index in [1.807, 2.05) is 0 Å². The molecular formula is C66H44N2. The Labute approximate surface area is 395 Å². The summed E-state index contributed by atoms with van der Waals surface area (Å²) in [6.45, 7) is 0. The van der Waals surface area contributed by atoms with Gasteiger partial charge >= 0.3 is 0 Å². The summed E-state index contributed by atoms with van der Waals surface area (Å²) in [5.74, 6) is 0. The van der Waals surface area contributed by atoms with Gasteiger partial charge in [-0.3, -0.25) is 0 Å². The van der Waals surface area contributed by atoms with E-state index >= 15 is 0 Å². The molecule has 0 atom stereocenters. The van der Waals surface area contributed by atoms with Crippen LogP contribution in [0.4, 0.5) is 0 Å². The number of aromatic nitrogens is 2. The molecule has 0 N–H and O–H groups in total. The average molecular weight is 865 g/mol. The fraction of sp³-hybridized carbons (Fsp3) is 0. The summed E-state index contributed by atoms with van der Waals surface area (Å²) in [4.78, 5) is 0. The van der Waals surface area contributed by atoms with Gasteiger partial charge in [0.05, 0.1) is 34.2 Å². The van der Waals surface area contributed by atoms with Crippen LogP contribution in [0.15, 0.2) is 267 Å². The smallest absolute Gasteiger partial charge is 0.0620 e. The molecular weight excluding hydrogens is 821 g/mol. The van der Waals surface area contributed by atoms with Crippen molar-refractivity contribution in [3.8, 4) is 78.7 Å². The van der Waals surface area contributed by atoms with Crippen molar-refractivity contribution in [2.24, 2.45) is 0 Å². The fourth-order valence-electron chi connectivity index (χ4n) is 10.5. The number of rotatable bonds is 8. The minimum atomic E-state index is 1.13. The van der Waals surface area contributed by atoms with Crippen molar-refractivity contribution >= 4 is 43.1 Å². The molecule has 2 heteroatoms. The molecule has 0 aliphatic carbocycles. The van der Waals surface area contributed by atoms with Gasteiger partial charge in [-0.1, -0.05) is 218 Å². The van der Waals surface area contributed by atoms with Gasteiger partial charge in [0, 0.05) is 21.5 Å². The molecule has 0 spiro atoms. The number of hydrogen-bond acceptors (Lipinski definition) is 0. The normalized spacial score (nSPS) is 11.5. The van der Waals surface area contributed by atoms with Gasteiger partial charge in [-0.25, -0.2) is 0 Å². The molecule has 0 aliphatic heterocycles. The standard InChI is InChI=1S/C66H44N2/c1-5-19-47(20-6-1)61-37-38-62(48-21-7-2-8-22-48)67(61)65-57-35-33-56(54-32-30-46-18-14-16-28-52(46)42-54)44-60(57)66(58-36-34-55(43-59(58)65)53-31-29-45-17-13-15-27-51(45)41-53)68-63(49-23-9-3-10-24-49)39-40-64(68)50-25-11-4-12-26-50/h1-44H. The minimum Gasteiger partial charge on any atom is -0.308 e. The van der Waals surface area contributed by atoms with Crippen LogP contribution in [0.2, 0.25) is 0 Å². The molecule has 0 saturated heterocycles. The summed E-state index contributed by atoms with van der Waals surface area (Å²) in [5, 5.41) is 9.55. The zero-order valence-electron chi connectivity index (χ0n) is 37.3. The van der Waals surface area contributed by atoms with E-state index in [1.165, 1.54) is 32.7 Å². The third kappa shape index (κ3) is 6.73. The monoisotopic (exact) mass is 864 g/mol. The van der Waals surface area contributed by atoms with Crippen LogP contribution in [0, 0.1) is 0 Å². The third-order valence-electron chi connectivity index (χ3n) is 13.7. The summed E-state index contributed by atoms with van der Waals surface area (Å²) in [7, 11) is 0. The molecule has 0 saturated carbocycles. The summed E-state index contributed by atoms with van der Waals surface area (Å²) in [6.07, 6.45) is 0. The first kappa shape index (κ1) is 39.4. The topological polar surface area (TPSA) is 9.86 Å². The van der Waals surface area contributed by atoms with E-state index in [1.54, 1.807) is 0 Å². The Bertz CT molecular complexity index is 3610. The first-order valence-corrected chi connectivity index (χ1v) is 23.4. The van der Waals surface area contributed by atoms with Crippen LogP contribution in [0.25, 0.3) is 122 Å². The Balaban J connectivity index is 1.22. The highest BCUT2D eigenvalue weighted by atomic mass is 15.0. The molecule has 11 aromatic carbocycles. The largest absolute Gasteiger partial charge is 0.308 e. The molecule has 0 aliphatic rings. The second kappa shape index (κ2) is 16.5. The van der Waals surface area contributed by atoms with Gasteiger partial charge in [-0.05, 0) is 115 Å². The van der Waals surface area contributed by atoms with Crippen molar-refractivity contribution in [1.29, 1.82) is 0 Å². The molecule has 0 amide bonds. The zero-order valence-corrected chi connectivity index (χ0v) is 37.3. The van der Waals surface area contributed by atoms with Crippen molar-refractivity contribution in [2.75, 3.05) is 0 Å². The van der Waals surface area contributed by atoms with Crippen LogP contribution in [-0.2, 0) is 0 Å². The lowest BCUT2D eigenvalue weighted by Gasteiger charge is -2.25. The third-order valence-corrected chi connectivity index (χ3v) is 13.7. The van der Waals surface area contributed by atoms with E-state index in [4.69, 9.17) is 0 Å². The Morgan fingerprint density at radius 2 is 0.456 bits per heavy atom. The molecule has 68 heavy (non-hydrogen) atoms. The predicted molar refractivity (Wildman–Crippen MR) is 288 cm³/mol. The minimum absolute atomic E-state index is 1.13. The molecule has 13 rings (SSSR count). The summed E-state index contributed by atoms with van der Waals surface area (Å²) < 4.78 is 5.07. The SMILES string of the molecule is c1ccc(-c2ccc(-c3ccccc3)n2-c2c3ccc(-c4ccc5ccccc5c4)cc3c(-n3c(-c4ccccc4)ccc3-c3ccccc3)c3ccc(-c4ccc5ccccc5c4)cc23)cc1. The molecule has 13 aromatic rings. The van der Waals surface area contributed by atoms with Gasteiger partial charge in [0.2, 0.25) is 0 Å². The zero-order chi connectivity index (χ0) is 45.0. The quantitative estimate of drug-likeness (QED) is 0.135. The van der Waals surface area contributed by atoms with Gasteiger partial charge in [0.15, 0.2) is 0 Å². The maximum atomic E-state index is 2.53. The maximum absolute atomic E-state index is 2.53. The van der Waals surface area contributed by atoms with Crippen LogP contribution in [0.3, 0.4) is 0 Å². The molecule has 2 heterocycles. The summed E-state index contributed by atoms with van der Waals surface area (Å²) in [5.41, 5.74) is 16.1. The summed E-state index contributed by atoms with van der Waals surface area (Å²) >= 11 is 0. The molecule has 2 aromatic heterocycles. The molecule has 318 valence electrons. The number of nitrogens with zero attached hydrogens (tertiary/aromatic N) is 2. The van der Waals surface area contributed by atoms with Crippen LogP contribution in [0.5, 0.6) is 0 Å². The van der Waals surface area contributed by atoms with E-state index in [0.29, 0.717) is 0 Å². The second-order valence-electron chi connectivity index (χ2n) is 17.7. The maximum Gasteiger partial charge on any atom is 0.0620 e. The van der Waals surface area contributed by atoms with Crippen molar-refractivity contribution in [2.45, 2.75) is 0 Å². The van der Waals surface area contributed by atoms with E-state index < -0.39 is 0 Å². The van der Waals surface area contributed by atoms with Crippen molar-refractivity contribution < 1.29 is 0 Å². The molecule has 0 unspecified atom stereocenters. The van der Waals surface area contributed by atoms with Crippen LogP contribution >= 0.6 is 0 Å². The lowest BCUT2D eigenvalue weighted by Crippen LogP contribution is -2.07. The van der Waals surface area contributed by atoms with Crippen LogP contribution in [0.1, 0.15) is 0 Å². The van der Waals surface area contributed by atoms with Crippen molar-refractivity contribution in [3.05, 3.63) is 267 Å². The summed E-state index contributed by atoms with van der Waals surface area (Å²) in [6, 6.07) is 97.9. The lowest BCUT2D eigenvalue weighted by atomic mass is 9.91. The van der Waals surface area contributed by atoms with Gasteiger partial charge in [0.25, 0.3) is 0 Å².